The largest absolute Gasteiger partial charge is 0.497 e. The van der Waals surface area contributed by atoms with Crippen molar-refractivity contribution in [3.05, 3.63) is 65.2 Å². The molecule has 1 aliphatic rings. The summed E-state index contributed by atoms with van der Waals surface area (Å²) in [5.41, 5.74) is 1.61. The van der Waals surface area contributed by atoms with Crippen LogP contribution in [0.3, 0.4) is 0 Å². The minimum atomic E-state index is -0.434. The van der Waals surface area contributed by atoms with E-state index in [1.54, 1.807) is 31.4 Å². The molecule has 140 valence electrons. The van der Waals surface area contributed by atoms with Crippen molar-refractivity contribution >= 4 is 17.7 Å². The Morgan fingerprint density at radius 1 is 1.00 bits per heavy atom. The van der Waals surface area contributed by atoms with Crippen molar-refractivity contribution in [1.82, 2.24) is 10.2 Å². The third-order valence-corrected chi connectivity index (χ3v) is 4.64. The number of rotatable bonds is 6. The fourth-order valence-corrected chi connectivity index (χ4v) is 3.19. The second-order valence-corrected chi connectivity index (χ2v) is 6.80. The second kappa shape index (κ2) is 7.61. The molecule has 0 saturated heterocycles. The van der Waals surface area contributed by atoms with E-state index in [-0.39, 0.29) is 24.4 Å². The number of hydrogen-bond acceptors (Lipinski definition) is 4. The Bertz CT molecular complexity index is 839. The Hall–Kier alpha value is -3.15. The summed E-state index contributed by atoms with van der Waals surface area (Å²) in [6, 6.07) is 13.8. The molecule has 6 heteroatoms. The van der Waals surface area contributed by atoms with Crippen molar-refractivity contribution in [2.45, 2.75) is 19.9 Å². The first-order chi connectivity index (χ1) is 12.9. The number of nitrogens with zero attached hydrogens (tertiary/aromatic N) is 1. The second-order valence-electron chi connectivity index (χ2n) is 6.80. The number of amides is 3. The molecule has 0 spiro atoms. The number of imide groups is 1. The van der Waals surface area contributed by atoms with Gasteiger partial charge in [-0.2, -0.15) is 0 Å². The van der Waals surface area contributed by atoms with Crippen molar-refractivity contribution in [3.63, 3.8) is 0 Å². The Labute approximate surface area is 158 Å². The number of benzene rings is 2. The quantitative estimate of drug-likeness (QED) is 0.798. The lowest BCUT2D eigenvalue weighted by Crippen LogP contribution is -2.42. The standard InChI is InChI=1S/C21H22N2O4/c1-13(2)19(14-8-10-15(27-3)11-9-14)22-18(24)12-23-20(25)16-6-4-5-7-17(16)21(23)26/h4-11,13,19H,12H2,1-3H3,(H,22,24)/t19-/m0/s1. The normalized spacial score (nSPS) is 14.3. The first-order valence-electron chi connectivity index (χ1n) is 8.81. The summed E-state index contributed by atoms with van der Waals surface area (Å²) in [5, 5.41) is 2.94. The summed E-state index contributed by atoms with van der Waals surface area (Å²) in [6.07, 6.45) is 0. The third kappa shape index (κ3) is 3.69. The van der Waals surface area contributed by atoms with Gasteiger partial charge in [0, 0.05) is 0 Å². The zero-order valence-electron chi connectivity index (χ0n) is 15.6. The van der Waals surface area contributed by atoms with E-state index in [1.165, 1.54) is 0 Å². The summed E-state index contributed by atoms with van der Waals surface area (Å²) >= 11 is 0. The molecule has 1 N–H and O–H groups in total. The van der Waals surface area contributed by atoms with E-state index in [2.05, 4.69) is 5.32 Å². The van der Waals surface area contributed by atoms with Gasteiger partial charge in [-0.1, -0.05) is 38.1 Å². The molecule has 3 rings (SSSR count). The summed E-state index contributed by atoms with van der Waals surface area (Å²) in [7, 11) is 1.60. The molecule has 0 aromatic heterocycles. The van der Waals surface area contributed by atoms with Gasteiger partial charge < -0.3 is 10.1 Å². The molecular weight excluding hydrogens is 344 g/mol. The van der Waals surface area contributed by atoms with Gasteiger partial charge in [-0.05, 0) is 35.7 Å². The average molecular weight is 366 g/mol. The molecule has 3 amide bonds. The van der Waals surface area contributed by atoms with Gasteiger partial charge in [0.15, 0.2) is 0 Å². The van der Waals surface area contributed by atoms with Gasteiger partial charge >= 0.3 is 0 Å². The number of carbonyl (C=O) groups is 3. The highest BCUT2D eigenvalue weighted by atomic mass is 16.5. The lowest BCUT2D eigenvalue weighted by atomic mass is 9.96. The molecule has 0 bridgehead atoms. The number of fused-ring (bicyclic) bond motifs is 1. The number of methoxy groups -OCH3 is 1. The molecule has 0 fully saturated rings. The van der Waals surface area contributed by atoms with Crippen molar-refractivity contribution in [3.8, 4) is 5.75 Å². The SMILES string of the molecule is COc1ccc([C@@H](NC(=O)CN2C(=O)c3ccccc3C2=O)C(C)C)cc1. The minimum Gasteiger partial charge on any atom is -0.497 e. The van der Waals surface area contributed by atoms with E-state index >= 15 is 0 Å². The minimum absolute atomic E-state index is 0.129. The molecular formula is C21H22N2O4. The number of ether oxygens (including phenoxy) is 1. The van der Waals surface area contributed by atoms with Crippen LogP contribution in [0.2, 0.25) is 0 Å². The van der Waals surface area contributed by atoms with Crippen LogP contribution in [0.15, 0.2) is 48.5 Å². The topological polar surface area (TPSA) is 75.7 Å². The van der Waals surface area contributed by atoms with E-state index in [0.29, 0.717) is 11.1 Å². The first kappa shape index (κ1) is 18.6. The molecule has 0 radical (unpaired) electrons. The third-order valence-electron chi connectivity index (χ3n) is 4.64. The Kier molecular flexibility index (Phi) is 5.26. The summed E-state index contributed by atoms with van der Waals surface area (Å²) in [5.74, 6) is -0.380. The van der Waals surface area contributed by atoms with Gasteiger partial charge in [-0.25, -0.2) is 0 Å². The van der Waals surface area contributed by atoms with Crippen molar-refractivity contribution in [2.75, 3.05) is 13.7 Å². The lowest BCUT2D eigenvalue weighted by molar-refractivity contribution is -0.122. The van der Waals surface area contributed by atoms with E-state index in [4.69, 9.17) is 4.74 Å². The fraction of sp³-hybridized carbons (Fsp3) is 0.286. The zero-order chi connectivity index (χ0) is 19.6. The van der Waals surface area contributed by atoms with Crippen molar-refractivity contribution < 1.29 is 19.1 Å². The van der Waals surface area contributed by atoms with Gasteiger partial charge in [0.1, 0.15) is 12.3 Å². The molecule has 1 aliphatic heterocycles. The lowest BCUT2D eigenvalue weighted by Gasteiger charge is -2.24. The van der Waals surface area contributed by atoms with E-state index in [0.717, 1.165) is 16.2 Å². The highest BCUT2D eigenvalue weighted by molar-refractivity contribution is 6.22. The number of nitrogens with one attached hydrogen (secondary N) is 1. The Morgan fingerprint density at radius 3 is 2.04 bits per heavy atom. The molecule has 2 aromatic rings. The number of carbonyl (C=O) groups excluding carboxylic acids is 3. The van der Waals surface area contributed by atoms with Crippen LogP contribution >= 0.6 is 0 Å². The summed E-state index contributed by atoms with van der Waals surface area (Å²) in [4.78, 5) is 38.4. The highest BCUT2D eigenvalue weighted by Crippen LogP contribution is 2.25. The van der Waals surface area contributed by atoms with Gasteiger partial charge in [0.2, 0.25) is 5.91 Å². The number of hydrogen-bond donors (Lipinski definition) is 1. The molecule has 1 atom stereocenters. The average Bonchev–Trinajstić information content (AvgIpc) is 2.91. The van der Waals surface area contributed by atoms with Crippen LogP contribution in [0.5, 0.6) is 5.75 Å². The van der Waals surface area contributed by atoms with Crippen LogP contribution < -0.4 is 10.1 Å². The molecule has 0 aliphatic carbocycles. The molecule has 0 saturated carbocycles. The smallest absolute Gasteiger partial charge is 0.262 e. The van der Waals surface area contributed by atoms with Crippen LogP contribution in [-0.4, -0.2) is 36.3 Å². The zero-order valence-corrected chi connectivity index (χ0v) is 15.6. The maximum Gasteiger partial charge on any atom is 0.262 e. The van der Waals surface area contributed by atoms with E-state index in [1.807, 2.05) is 38.1 Å². The van der Waals surface area contributed by atoms with Gasteiger partial charge in [-0.3, -0.25) is 19.3 Å². The van der Waals surface area contributed by atoms with Gasteiger partial charge in [0.25, 0.3) is 11.8 Å². The van der Waals surface area contributed by atoms with Gasteiger partial charge in [-0.15, -0.1) is 0 Å². The predicted octanol–water partition coefficient (Wildman–Crippen LogP) is 2.80. The van der Waals surface area contributed by atoms with E-state index in [9.17, 15) is 14.4 Å². The van der Waals surface area contributed by atoms with Crippen LogP contribution in [0.4, 0.5) is 0 Å². The molecule has 6 nitrogen and oxygen atoms in total. The Balaban J connectivity index is 1.72. The molecule has 2 aromatic carbocycles. The van der Waals surface area contributed by atoms with Crippen molar-refractivity contribution in [2.24, 2.45) is 5.92 Å². The first-order valence-corrected chi connectivity index (χ1v) is 8.81. The van der Waals surface area contributed by atoms with Crippen LogP contribution in [0.25, 0.3) is 0 Å². The van der Waals surface area contributed by atoms with Crippen LogP contribution in [-0.2, 0) is 4.79 Å². The predicted molar refractivity (Wildman–Crippen MR) is 101 cm³/mol. The molecule has 1 heterocycles. The summed E-state index contributed by atoms with van der Waals surface area (Å²) in [6.45, 7) is 3.69. The van der Waals surface area contributed by atoms with E-state index < -0.39 is 11.8 Å². The fourth-order valence-electron chi connectivity index (χ4n) is 3.19. The highest BCUT2D eigenvalue weighted by Gasteiger charge is 2.36. The Morgan fingerprint density at radius 2 is 1.56 bits per heavy atom. The van der Waals surface area contributed by atoms with Crippen LogP contribution in [0.1, 0.15) is 46.2 Å². The van der Waals surface area contributed by atoms with Crippen LogP contribution in [0, 0.1) is 5.92 Å². The summed E-state index contributed by atoms with van der Waals surface area (Å²) < 4.78 is 5.16. The van der Waals surface area contributed by atoms with Crippen molar-refractivity contribution in [1.29, 1.82) is 0 Å². The molecule has 27 heavy (non-hydrogen) atoms. The monoisotopic (exact) mass is 366 g/mol. The maximum absolute atomic E-state index is 12.6. The maximum atomic E-state index is 12.6. The molecule has 0 unspecified atom stereocenters. The van der Waals surface area contributed by atoms with Gasteiger partial charge in [0.05, 0.1) is 24.3 Å².